The van der Waals surface area contributed by atoms with Crippen molar-refractivity contribution < 1.29 is 13.3 Å². The molecule has 0 N–H and O–H groups in total. The second-order valence-electron chi connectivity index (χ2n) is 7.10. The summed E-state index contributed by atoms with van der Waals surface area (Å²) in [5.41, 5.74) is 0.688. The Morgan fingerprint density at radius 3 is 2.24 bits per heavy atom. The van der Waals surface area contributed by atoms with Crippen molar-refractivity contribution in [2.24, 2.45) is 5.41 Å². The highest BCUT2D eigenvalue weighted by atomic mass is 32.2. The van der Waals surface area contributed by atoms with Gasteiger partial charge in [-0.25, -0.2) is 8.42 Å². The van der Waals surface area contributed by atoms with Gasteiger partial charge in [0.2, 0.25) is 10.0 Å². The molecule has 0 spiro atoms. The molecule has 0 aromatic heterocycles. The first-order valence-corrected chi connectivity index (χ1v) is 9.46. The summed E-state index contributed by atoms with van der Waals surface area (Å²) in [5.74, 6) is 0. The molecule has 2 aromatic carbocycles. The number of nitro groups is 1. The molecule has 1 atom stereocenters. The van der Waals surface area contributed by atoms with Gasteiger partial charge < -0.3 is 0 Å². The van der Waals surface area contributed by atoms with Crippen LogP contribution in [-0.2, 0) is 10.0 Å². The molecule has 1 fully saturated rings. The topological polar surface area (TPSA) is 80.5 Å². The molecular weight excluding hydrogens is 340 g/mol. The van der Waals surface area contributed by atoms with E-state index in [2.05, 4.69) is 0 Å². The Kier molecular flexibility index (Phi) is 4.38. The Bertz CT molecular complexity index is 877. The number of nitro benzene ring substituents is 1. The van der Waals surface area contributed by atoms with Gasteiger partial charge in [0.25, 0.3) is 5.69 Å². The van der Waals surface area contributed by atoms with Crippen LogP contribution in [0.25, 0.3) is 0 Å². The van der Waals surface area contributed by atoms with E-state index in [1.54, 1.807) is 0 Å². The second kappa shape index (κ2) is 6.24. The minimum atomic E-state index is -3.74. The van der Waals surface area contributed by atoms with Crippen LogP contribution >= 0.6 is 0 Å². The number of nitrogens with zero attached hydrogens (tertiary/aromatic N) is 2. The molecule has 7 heteroatoms. The van der Waals surface area contributed by atoms with Crippen LogP contribution in [0.1, 0.15) is 31.9 Å². The minimum Gasteiger partial charge on any atom is -0.258 e. The van der Waals surface area contributed by atoms with Gasteiger partial charge in [0.15, 0.2) is 0 Å². The van der Waals surface area contributed by atoms with E-state index in [-0.39, 0.29) is 22.0 Å². The third-order valence-corrected chi connectivity index (χ3v) is 6.38. The summed E-state index contributed by atoms with van der Waals surface area (Å²) >= 11 is 0. The average molecular weight is 360 g/mol. The van der Waals surface area contributed by atoms with Crippen LogP contribution in [-0.4, -0.2) is 24.2 Å². The van der Waals surface area contributed by atoms with Crippen molar-refractivity contribution in [3.63, 3.8) is 0 Å². The van der Waals surface area contributed by atoms with Gasteiger partial charge in [-0.2, -0.15) is 4.31 Å². The molecular formula is C18H20N2O4S. The highest BCUT2D eigenvalue weighted by Gasteiger charge is 2.44. The van der Waals surface area contributed by atoms with Gasteiger partial charge in [-0.1, -0.05) is 44.2 Å². The van der Waals surface area contributed by atoms with Crippen LogP contribution < -0.4 is 0 Å². The van der Waals surface area contributed by atoms with Gasteiger partial charge in [-0.15, -0.1) is 0 Å². The Labute approximate surface area is 147 Å². The van der Waals surface area contributed by atoms with Gasteiger partial charge in [-0.05, 0) is 29.5 Å². The molecule has 0 amide bonds. The van der Waals surface area contributed by atoms with E-state index >= 15 is 0 Å². The zero-order valence-electron chi connectivity index (χ0n) is 14.1. The summed E-state index contributed by atoms with van der Waals surface area (Å²) in [6, 6.07) is 14.4. The van der Waals surface area contributed by atoms with E-state index in [1.807, 2.05) is 44.2 Å². The maximum atomic E-state index is 13.1. The molecule has 1 aliphatic heterocycles. The smallest absolute Gasteiger partial charge is 0.258 e. The Balaban J connectivity index is 2.00. The lowest BCUT2D eigenvalue weighted by molar-refractivity contribution is -0.384. The monoisotopic (exact) mass is 360 g/mol. The van der Waals surface area contributed by atoms with Crippen LogP contribution in [0.4, 0.5) is 5.69 Å². The Morgan fingerprint density at radius 2 is 1.68 bits per heavy atom. The lowest BCUT2D eigenvalue weighted by Crippen LogP contribution is -2.32. The first-order chi connectivity index (χ1) is 11.7. The van der Waals surface area contributed by atoms with E-state index in [1.165, 1.54) is 28.6 Å². The van der Waals surface area contributed by atoms with Gasteiger partial charge in [-0.3, -0.25) is 10.1 Å². The number of hydrogen-bond acceptors (Lipinski definition) is 4. The summed E-state index contributed by atoms with van der Waals surface area (Å²) in [4.78, 5) is 10.3. The van der Waals surface area contributed by atoms with Gasteiger partial charge in [0.1, 0.15) is 0 Å². The number of sulfonamides is 1. The van der Waals surface area contributed by atoms with E-state index in [0.29, 0.717) is 6.54 Å². The van der Waals surface area contributed by atoms with Crippen LogP contribution in [0.3, 0.4) is 0 Å². The summed E-state index contributed by atoms with van der Waals surface area (Å²) in [5, 5.41) is 10.8. The van der Waals surface area contributed by atoms with Gasteiger partial charge in [0, 0.05) is 18.7 Å². The number of benzene rings is 2. The molecule has 132 valence electrons. The molecule has 1 heterocycles. The van der Waals surface area contributed by atoms with Crippen LogP contribution in [0.5, 0.6) is 0 Å². The summed E-state index contributed by atoms with van der Waals surface area (Å²) in [6.07, 6.45) is 0.725. The van der Waals surface area contributed by atoms with E-state index in [0.717, 1.165) is 12.0 Å². The van der Waals surface area contributed by atoms with Gasteiger partial charge >= 0.3 is 0 Å². The molecule has 1 saturated heterocycles. The van der Waals surface area contributed by atoms with Crippen molar-refractivity contribution in [1.82, 2.24) is 4.31 Å². The maximum Gasteiger partial charge on any atom is 0.269 e. The van der Waals surface area contributed by atoms with Crippen molar-refractivity contribution in [3.8, 4) is 0 Å². The van der Waals surface area contributed by atoms with E-state index in [4.69, 9.17) is 0 Å². The second-order valence-corrected chi connectivity index (χ2v) is 8.99. The normalized spacial score (nSPS) is 20.5. The molecule has 1 aliphatic rings. The molecule has 0 bridgehead atoms. The van der Waals surface area contributed by atoms with Crippen LogP contribution in [0, 0.1) is 15.5 Å². The largest absolute Gasteiger partial charge is 0.269 e. The van der Waals surface area contributed by atoms with Gasteiger partial charge in [0.05, 0.1) is 15.9 Å². The van der Waals surface area contributed by atoms with Crippen molar-refractivity contribution >= 4 is 15.7 Å². The SMILES string of the molecule is CC1(C)CC(c2ccccc2)N(S(=O)(=O)c2ccc([N+](=O)[O-])cc2)C1. The highest BCUT2D eigenvalue weighted by Crippen LogP contribution is 2.45. The fourth-order valence-corrected chi connectivity index (χ4v) is 5.11. The maximum absolute atomic E-state index is 13.1. The fraction of sp³-hybridized carbons (Fsp3) is 0.333. The highest BCUT2D eigenvalue weighted by molar-refractivity contribution is 7.89. The third kappa shape index (κ3) is 3.43. The van der Waals surface area contributed by atoms with Crippen LogP contribution in [0.15, 0.2) is 59.5 Å². The molecule has 0 aliphatic carbocycles. The van der Waals surface area contributed by atoms with Crippen molar-refractivity contribution in [2.75, 3.05) is 6.54 Å². The summed E-state index contributed by atoms with van der Waals surface area (Å²) in [6.45, 7) is 4.51. The summed E-state index contributed by atoms with van der Waals surface area (Å²) < 4.78 is 27.8. The van der Waals surface area contributed by atoms with Crippen LogP contribution in [0.2, 0.25) is 0 Å². The molecule has 0 saturated carbocycles. The van der Waals surface area contributed by atoms with Crippen molar-refractivity contribution in [2.45, 2.75) is 31.2 Å². The molecule has 6 nitrogen and oxygen atoms in total. The minimum absolute atomic E-state index is 0.0803. The molecule has 25 heavy (non-hydrogen) atoms. The van der Waals surface area contributed by atoms with Crippen molar-refractivity contribution in [3.05, 3.63) is 70.3 Å². The predicted octanol–water partition coefficient (Wildman–Crippen LogP) is 3.76. The fourth-order valence-electron chi connectivity index (χ4n) is 3.31. The Hall–Kier alpha value is -2.25. The zero-order chi connectivity index (χ0) is 18.2. The summed E-state index contributed by atoms with van der Waals surface area (Å²) in [7, 11) is -3.74. The lowest BCUT2D eigenvalue weighted by Gasteiger charge is -2.24. The third-order valence-electron chi connectivity index (χ3n) is 4.52. The zero-order valence-corrected chi connectivity index (χ0v) is 14.9. The number of non-ortho nitro benzene ring substituents is 1. The van der Waals surface area contributed by atoms with Crippen molar-refractivity contribution in [1.29, 1.82) is 0 Å². The van der Waals surface area contributed by atoms with E-state index in [9.17, 15) is 18.5 Å². The molecule has 1 unspecified atom stereocenters. The standard InChI is InChI=1S/C18H20N2O4S/c1-18(2)12-17(14-6-4-3-5-7-14)19(13-18)25(23,24)16-10-8-15(9-11-16)20(21)22/h3-11,17H,12-13H2,1-2H3. The number of hydrogen-bond donors (Lipinski definition) is 0. The first kappa shape index (κ1) is 17.6. The predicted molar refractivity (Wildman–Crippen MR) is 94.6 cm³/mol. The lowest BCUT2D eigenvalue weighted by atomic mass is 9.89. The first-order valence-electron chi connectivity index (χ1n) is 8.02. The number of rotatable bonds is 4. The molecule has 3 rings (SSSR count). The molecule has 2 aromatic rings. The quantitative estimate of drug-likeness (QED) is 0.614. The Morgan fingerprint density at radius 1 is 1.08 bits per heavy atom. The van der Waals surface area contributed by atoms with E-state index < -0.39 is 14.9 Å². The average Bonchev–Trinajstić information content (AvgIpc) is 2.92. The molecule has 0 radical (unpaired) electrons.